The summed E-state index contributed by atoms with van der Waals surface area (Å²) >= 11 is 0. The van der Waals surface area contributed by atoms with Gasteiger partial charge in [-0.05, 0) is 44.0 Å². The van der Waals surface area contributed by atoms with Crippen molar-refractivity contribution in [3.8, 4) is 17.4 Å². The van der Waals surface area contributed by atoms with E-state index in [2.05, 4.69) is 14.9 Å². The standard InChI is InChI=1S/C17H17N3O5S/c1-2-23-13-6-4-3-5-12(13)20-26(21,22)15-10-9-14(24-15)17-19-18-16(25-17)11-7-8-11/h3-6,9-11,20H,2,7-8H2,1H3. The number of nitrogens with one attached hydrogen (secondary N) is 1. The summed E-state index contributed by atoms with van der Waals surface area (Å²) in [5, 5.41) is 7.64. The third-order valence-corrected chi connectivity index (χ3v) is 5.09. The summed E-state index contributed by atoms with van der Waals surface area (Å²) in [7, 11) is -3.93. The minimum Gasteiger partial charge on any atom is -0.492 e. The van der Waals surface area contributed by atoms with Crippen LogP contribution in [0, 0.1) is 0 Å². The molecule has 3 aromatic rings. The normalized spacial score (nSPS) is 14.3. The minimum atomic E-state index is -3.93. The van der Waals surface area contributed by atoms with Crippen LogP contribution in [0.2, 0.25) is 0 Å². The Balaban J connectivity index is 1.57. The monoisotopic (exact) mass is 375 g/mol. The summed E-state index contributed by atoms with van der Waals surface area (Å²) < 4.78 is 44.1. The number of furan rings is 1. The van der Waals surface area contributed by atoms with Crippen molar-refractivity contribution >= 4 is 15.7 Å². The SMILES string of the molecule is CCOc1ccccc1NS(=O)(=O)c1ccc(-c2nnc(C3CC3)o2)o1. The van der Waals surface area contributed by atoms with E-state index in [0.29, 0.717) is 29.9 Å². The molecule has 8 nitrogen and oxygen atoms in total. The number of ether oxygens (including phenoxy) is 1. The zero-order chi connectivity index (χ0) is 18.1. The van der Waals surface area contributed by atoms with E-state index in [1.807, 2.05) is 6.92 Å². The highest BCUT2D eigenvalue weighted by Crippen LogP contribution is 2.40. The molecule has 4 rings (SSSR count). The van der Waals surface area contributed by atoms with E-state index in [9.17, 15) is 8.42 Å². The average molecular weight is 375 g/mol. The molecule has 1 aliphatic carbocycles. The summed E-state index contributed by atoms with van der Waals surface area (Å²) in [6.07, 6.45) is 2.06. The molecule has 0 radical (unpaired) electrons. The Morgan fingerprint density at radius 2 is 1.96 bits per heavy atom. The Morgan fingerprint density at radius 3 is 2.73 bits per heavy atom. The van der Waals surface area contributed by atoms with Gasteiger partial charge in [0.2, 0.25) is 11.0 Å². The van der Waals surface area contributed by atoms with Crippen molar-refractivity contribution in [3.05, 3.63) is 42.3 Å². The quantitative estimate of drug-likeness (QED) is 0.674. The molecule has 0 saturated heterocycles. The van der Waals surface area contributed by atoms with E-state index in [-0.39, 0.29) is 16.7 Å². The van der Waals surface area contributed by atoms with Gasteiger partial charge in [-0.2, -0.15) is 8.42 Å². The molecular formula is C17H17N3O5S. The molecule has 9 heteroatoms. The lowest BCUT2D eigenvalue weighted by atomic mass is 10.3. The number of benzene rings is 1. The molecule has 1 aliphatic rings. The number of hydrogen-bond acceptors (Lipinski definition) is 7. The fourth-order valence-electron chi connectivity index (χ4n) is 2.44. The number of anilines is 1. The van der Waals surface area contributed by atoms with Crippen LogP contribution in [0.3, 0.4) is 0 Å². The smallest absolute Gasteiger partial charge is 0.295 e. The third kappa shape index (κ3) is 3.30. The van der Waals surface area contributed by atoms with Crippen molar-refractivity contribution in [2.45, 2.75) is 30.8 Å². The zero-order valence-corrected chi connectivity index (χ0v) is 14.8. The van der Waals surface area contributed by atoms with Gasteiger partial charge in [0.15, 0.2) is 5.76 Å². The van der Waals surface area contributed by atoms with Gasteiger partial charge in [-0.1, -0.05) is 12.1 Å². The number of nitrogens with zero attached hydrogens (tertiary/aromatic N) is 2. The van der Waals surface area contributed by atoms with Crippen molar-refractivity contribution < 1.29 is 22.0 Å². The Labute approximate surface area is 150 Å². The molecule has 0 bridgehead atoms. The van der Waals surface area contributed by atoms with Crippen LogP contribution in [0.25, 0.3) is 11.7 Å². The van der Waals surface area contributed by atoms with E-state index in [4.69, 9.17) is 13.6 Å². The fourth-order valence-corrected chi connectivity index (χ4v) is 3.44. The van der Waals surface area contributed by atoms with Crippen molar-refractivity contribution in [3.63, 3.8) is 0 Å². The van der Waals surface area contributed by atoms with Gasteiger partial charge in [0.05, 0.1) is 12.3 Å². The topological polar surface area (TPSA) is 107 Å². The van der Waals surface area contributed by atoms with Crippen LogP contribution in [0.15, 0.2) is 50.3 Å². The first-order valence-electron chi connectivity index (χ1n) is 8.25. The Bertz CT molecular complexity index is 1020. The number of para-hydroxylation sites is 2. The van der Waals surface area contributed by atoms with Crippen molar-refractivity contribution in [2.75, 3.05) is 11.3 Å². The van der Waals surface area contributed by atoms with Crippen LogP contribution in [-0.2, 0) is 10.0 Å². The first-order valence-corrected chi connectivity index (χ1v) is 9.73. The van der Waals surface area contributed by atoms with Crippen LogP contribution >= 0.6 is 0 Å². The summed E-state index contributed by atoms with van der Waals surface area (Å²) in [5.41, 5.74) is 0.334. The molecule has 0 atom stereocenters. The number of sulfonamides is 1. The summed E-state index contributed by atoms with van der Waals surface area (Å²) in [5.74, 6) is 1.69. The predicted octanol–water partition coefficient (Wildman–Crippen LogP) is 3.41. The first kappa shape index (κ1) is 16.6. The van der Waals surface area contributed by atoms with Gasteiger partial charge < -0.3 is 13.6 Å². The highest BCUT2D eigenvalue weighted by Gasteiger charge is 2.30. The van der Waals surface area contributed by atoms with Crippen LogP contribution < -0.4 is 9.46 Å². The molecule has 26 heavy (non-hydrogen) atoms. The van der Waals surface area contributed by atoms with Gasteiger partial charge in [-0.15, -0.1) is 10.2 Å². The number of rotatable bonds is 7. The first-order chi connectivity index (χ1) is 12.6. The molecule has 0 aliphatic heterocycles. The Morgan fingerprint density at radius 1 is 1.15 bits per heavy atom. The highest BCUT2D eigenvalue weighted by atomic mass is 32.2. The van der Waals surface area contributed by atoms with Crippen LogP contribution in [-0.4, -0.2) is 25.2 Å². The molecule has 1 N–H and O–H groups in total. The largest absolute Gasteiger partial charge is 0.492 e. The molecular weight excluding hydrogens is 358 g/mol. The third-order valence-electron chi connectivity index (χ3n) is 3.86. The molecule has 136 valence electrons. The fraction of sp³-hybridized carbons (Fsp3) is 0.294. The van der Waals surface area contributed by atoms with E-state index in [1.165, 1.54) is 12.1 Å². The summed E-state index contributed by atoms with van der Waals surface area (Å²) in [6.45, 7) is 2.24. The molecule has 2 aromatic heterocycles. The lowest BCUT2D eigenvalue weighted by Gasteiger charge is -2.11. The van der Waals surface area contributed by atoms with E-state index in [0.717, 1.165) is 12.8 Å². The second-order valence-corrected chi connectivity index (χ2v) is 7.49. The lowest BCUT2D eigenvalue weighted by molar-refractivity contribution is 0.342. The second kappa shape index (κ2) is 6.49. The molecule has 1 fully saturated rings. The van der Waals surface area contributed by atoms with Crippen LogP contribution in [0.1, 0.15) is 31.6 Å². The lowest BCUT2D eigenvalue weighted by Crippen LogP contribution is -2.13. The molecule has 2 heterocycles. The zero-order valence-electron chi connectivity index (χ0n) is 14.0. The second-order valence-electron chi connectivity index (χ2n) is 5.87. The van der Waals surface area contributed by atoms with Crippen LogP contribution in [0.5, 0.6) is 5.75 Å². The van der Waals surface area contributed by atoms with Gasteiger partial charge in [0.25, 0.3) is 15.9 Å². The highest BCUT2D eigenvalue weighted by molar-refractivity contribution is 7.92. The average Bonchev–Trinajstić information content (AvgIpc) is 3.14. The van der Waals surface area contributed by atoms with Gasteiger partial charge in [-0.25, -0.2) is 0 Å². The summed E-state index contributed by atoms with van der Waals surface area (Å²) in [6, 6.07) is 9.63. The minimum absolute atomic E-state index is 0.170. The van der Waals surface area contributed by atoms with Crippen molar-refractivity contribution in [1.82, 2.24) is 10.2 Å². The molecule has 1 aromatic carbocycles. The van der Waals surface area contributed by atoms with E-state index < -0.39 is 10.0 Å². The maximum atomic E-state index is 12.6. The number of hydrogen-bond donors (Lipinski definition) is 1. The summed E-state index contributed by atoms with van der Waals surface area (Å²) in [4.78, 5) is 0. The molecule has 0 unspecified atom stereocenters. The van der Waals surface area contributed by atoms with E-state index in [1.54, 1.807) is 24.3 Å². The molecule has 0 amide bonds. The number of aromatic nitrogens is 2. The van der Waals surface area contributed by atoms with Crippen molar-refractivity contribution in [2.24, 2.45) is 0 Å². The maximum Gasteiger partial charge on any atom is 0.295 e. The predicted molar refractivity (Wildman–Crippen MR) is 92.4 cm³/mol. The van der Waals surface area contributed by atoms with Gasteiger partial charge >= 0.3 is 0 Å². The molecule has 0 spiro atoms. The van der Waals surface area contributed by atoms with Gasteiger partial charge in [0.1, 0.15) is 5.75 Å². The maximum absolute atomic E-state index is 12.6. The van der Waals surface area contributed by atoms with Crippen LogP contribution in [0.4, 0.5) is 5.69 Å². The van der Waals surface area contributed by atoms with Gasteiger partial charge in [-0.3, -0.25) is 4.72 Å². The van der Waals surface area contributed by atoms with Gasteiger partial charge in [0, 0.05) is 5.92 Å². The van der Waals surface area contributed by atoms with Crippen molar-refractivity contribution in [1.29, 1.82) is 0 Å². The Kier molecular flexibility index (Phi) is 4.15. The molecule has 1 saturated carbocycles. The van der Waals surface area contributed by atoms with E-state index >= 15 is 0 Å². The Hall–Kier alpha value is -2.81.